The van der Waals surface area contributed by atoms with Crippen LogP contribution in [0.2, 0.25) is 0 Å². The van der Waals surface area contributed by atoms with Crippen LogP contribution in [-0.4, -0.2) is 25.0 Å². The molecule has 0 bridgehead atoms. The zero-order valence-corrected chi connectivity index (χ0v) is 13.7. The minimum absolute atomic E-state index is 1.21. The fraction of sp³-hybridized carbons (Fsp3) is 0.765. The molecule has 0 radical (unpaired) electrons. The van der Waals surface area contributed by atoms with E-state index >= 15 is 0 Å². The summed E-state index contributed by atoms with van der Waals surface area (Å²) in [5.41, 5.74) is 0. The maximum absolute atomic E-state index is 2.48. The van der Waals surface area contributed by atoms with Gasteiger partial charge in [-0.25, -0.2) is 0 Å². The van der Waals surface area contributed by atoms with E-state index in [9.17, 15) is 0 Å². The third-order valence-electron chi connectivity index (χ3n) is 3.71. The third-order valence-corrected chi connectivity index (χ3v) is 4.65. The van der Waals surface area contributed by atoms with Crippen molar-refractivity contribution in [1.82, 2.24) is 4.90 Å². The number of nitrogens with zero attached hydrogens (tertiary/aromatic N) is 1. The fourth-order valence-corrected chi connectivity index (χ4v) is 3.08. The molecule has 19 heavy (non-hydrogen) atoms. The molecule has 0 aromatic carbocycles. The summed E-state index contributed by atoms with van der Waals surface area (Å²) in [7, 11) is 2.26. The van der Waals surface area contributed by atoms with E-state index in [4.69, 9.17) is 0 Å². The summed E-state index contributed by atoms with van der Waals surface area (Å²) in [4.78, 5) is 4.00. The van der Waals surface area contributed by atoms with Crippen LogP contribution in [0.5, 0.6) is 0 Å². The second kappa shape index (κ2) is 11.5. The van der Waals surface area contributed by atoms with Crippen molar-refractivity contribution in [3.63, 3.8) is 0 Å². The Morgan fingerprint density at radius 3 is 2.26 bits per heavy atom. The van der Waals surface area contributed by atoms with Crippen LogP contribution < -0.4 is 0 Å². The lowest BCUT2D eigenvalue weighted by Crippen LogP contribution is -2.22. The Morgan fingerprint density at radius 2 is 1.63 bits per heavy atom. The monoisotopic (exact) mass is 281 g/mol. The Bertz CT molecular complexity index is 281. The first-order chi connectivity index (χ1) is 9.33. The highest BCUT2D eigenvalue weighted by atomic mass is 32.1. The standard InChI is InChI=1S/C17H31NS/c1-3-4-5-6-7-8-9-10-14-18(2)15-13-17-12-11-16-19-17/h11-12,16H,3-10,13-15H2,1-2H3. The van der Waals surface area contributed by atoms with Crippen molar-refractivity contribution in [1.29, 1.82) is 0 Å². The van der Waals surface area contributed by atoms with Crippen LogP contribution in [0.15, 0.2) is 17.5 Å². The first-order valence-corrected chi connectivity index (χ1v) is 8.92. The molecule has 0 unspecified atom stereocenters. The molecule has 0 N–H and O–H groups in total. The van der Waals surface area contributed by atoms with E-state index in [0.717, 1.165) is 0 Å². The van der Waals surface area contributed by atoms with Gasteiger partial charge in [0.25, 0.3) is 0 Å². The van der Waals surface area contributed by atoms with Gasteiger partial charge < -0.3 is 4.90 Å². The van der Waals surface area contributed by atoms with E-state index in [2.05, 4.69) is 36.4 Å². The molecule has 1 nitrogen and oxygen atoms in total. The number of hydrogen-bond donors (Lipinski definition) is 0. The van der Waals surface area contributed by atoms with E-state index in [1.807, 2.05) is 11.3 Å². The van der Waals surface area contributed by atoms with Gasteiger partial charge in [-0.2, -0.15) is 0 Å². The predicted octanol–water partition coefficient (Wildman–Crippen LogP) is 5.36. The molecule has 0 amide bonds. The topological polar surface area (TPSA) is 3.24 Å². The van der Waals surface area contributed by atoms with Crippen LogP contribution in [-0.2, 0) is 6.42 Å². The van der Waals surface area contributed by atoms with Crippen LogP contribution >= 0.6 is 11.3 Å². The van der Waals surface area contributed by atoms with Crippen LogP contribution in [0.4, 0.5) is 0 Å². The van der Waals surface area contributed by atoms with E-state index in [0.29, 0.717) is 0 Å². The lowest BCUT2D eigenvalue weighted by Gasteiger charge is -2.15. The Morgan fingerprint density at radius 1 is 0.947 bits per heavy atom. The van der Waals surface area contributed by atoms with Gasteiger partial charge in [0, 0.05) is 11.4 Å². The lowest BCUT2D eigenvalue weighted by atomic mass is 10.1. The van der Waals surface area contributed by atoms with Crippen molar-refractivity contribution in [2.75, 3.05) is 20.1 Å². The number of thiophene rings is 1. The molecular formula is C17H31NS. The van der Waals surface area contributed by atoms with Crippen LogP contribution in [0.25, 0.3) is 0 Å². The van der Waals surface area contributed by atoms with Gasteiger partial charge in [-0.15, -0.1) is 11.3 Å². The molecule has 0 saturated heterocycles. The summed E-state index contributed by atoms with van der Waals surface area (Å²) in [5.74, 6) is 0. The van der Waals surface area contributed by atoms with Gasteiger partial charge in [-0.1, -0.05) is 57.9 Å². The molecule has 1 heterocycles. The Labute approximate surface area is 124 Å². The summed E-state index contributed by atoms with van der Waals surface area (Å²) in [6.07, 6.45) is 12.5. The second-order valence-electron chi connectivity index (χ2n) is 5.61. The van der Waals surface area contributed by atoms with Gasteiger partial charge in [0.05, 0.1) is 0 Å². The molecular weight excluding hydrogens is 250 g/mol. The Kier molecular flexibility index (Phi) is 10.1. The van der Waals surface area contributed by atoms with Crippen molar-refractivity contribution < 1.29 is 0 Å². The first-order valence-electron chi connectivity index (χ1n) is 8.04. The summed E-state index contributed by atoms with van der Waals surface area (Å²) in [6.45, 7) is 4.75. The van der Waals surface area contributed by atoms with Crippen molar-refractivity contribution in [3.8, 4) is 0 Å². The maximum atomic E-state index is 2.48. The van der Waals surface area contributed by atoms with Gasteiger partial charge in [0.15, 0.2) is 0 Å². The molecule has 0 spiro atoms. The van der Waals surface area contributed by atoms with Crippen LogP contribution in [0, 0.1) is 0 Å². The van der Waals surface area contributed by atoms with Crippen LogP contribution in [0.3, 0.4) is 0 Å². The molecule has 0 aliphatic rings. The predicted molar refractivity (Wildman–Crippen MR) is 88.1 cm³/mol. The number of hydrogen-bond acceptors (Lipinski definition) is 2. The van der Waals surface area contributed by atoms with E-state index < -0.39 is 0 Å². The largest absolute Gasteiger partial charge is 0.306 e. The van der Waals surface area contributed by atoms with E-state index in [-0.39, 0.29) is 0 Å². The minimum atomic E-state index is 1.21. The average molecular weight is 282 g/mol. The highest BCUT2D eigenvalue weighted by Gasteiger charge is 2.00. The SMILES string of the molecule is CCCCCCCCCCN(C)CCc1cccs1. The Hall–Kier alpha value is -0.340. The van der Waals surface area contributed by atoms with Crippen molar-refractivity contribution in [2.45, 2.75) is 64.7 Å². The molecule has 2 heteroatoms. The van der Waals surface area contributed by atoms with Crippen molar-refractivity contribution >= 4 is 11.3 Å². The van der Waals surface area contributed by atoms with Gasteiger partial charge in [-0.05, 0) is 37.9 Å². The molecule has 1 aromatic rings. The zero-order valence-electron chi connectivity index (χ0n) is 12.9. The summed E-state index contributed by atoms with van der Waals surface area (Å²) in [5, 5.41) is 2.17. The zero-order chi connectivity index (χ0) is 13.8. The molecule has 1 aromatic heterocycles. The molecule has 0 atom stereocenters. The van der Waals surface area contributed by atoms with E-state index in [1.54, 1.807) is 0 Å². The second-order valence-corrected chi connectivity index (χ2v) is 6.64. The lowest BCUT2D eigenvalue weighted by molar-refractivity contribution is 0.328. The third kappa shape index (κ3) is 9.23. The summed E-state index contributed by atoms with van der Waals surface area (Å²) in [6, 6.07) is 4.40. The number of rotatable bonds is 12. The summed E-state index contributed by atoms with van der Waals surface area (Å²) >= 11 is 1.88. The molecule has 0 aliphatic carbocycles. The van der Waals surface area contributed by atoms with E-state index in [1.165, 1.54) is 75.8 Å². The van der Waals surface area contributed by atoms with Crippen molar-refractivity contribution in [2.24, 2.45) is 0 Å². The van der Waals surface area contributed by atoms with Gasteiger partial charge in [0.2, 0.25) is 0 Å². The highest BCUT2D eigenvalue weighted by Crippen LogP contribution is 2.11. The van der Waals surface area contributed by atoms with Gasteiger partial charge >= 0.3 is 0 Å². The molecule has 0 aliphatic heterocycles. The maximum Gasteiger partial charge on any atom is 0.00579 e. The van der Waals surface area contributed by atoms with Crippen LogP contribution in [0.1, 0.15) is 63.2 Å². The van der Waals surface area contributed by atoms with Crippen molar-refractivity contribution in [3.05, 3.63) is 22.4 Å². The smallest absolute Gasteiger partial charge is 0.00579 e. The fourth-order valence-electron chi connectivity index (χ4n) is 2.38. The molecule has 110 valence electrons. The van der Waals surface area contributed by atoms with Gasteiger partial charge in [-0.3, -0.25) is 0 Å². The normalized spacial score (nSPS) is 11.3. The summed E-state index contributed by atoms with van der Waals surface area (Å²) < 4.78 is 0. The molecule has 0 fully saturated rings. The number of likely N-dealkylation sites (N-methyl/N-ethyl adjacent to an activating group) is 1. The first kappa shape index (κ1) is 16.7. The highest BCUT2D eigenvalue weighted by molar-refractivity contribution is 7.09. The molecule has 0 saturated carbocycles. The number of unbranched alkanes of at least 4 members (excludes halogenated alkanes) is 7. The quantitative estimate of drug-likeness (QED) is 0.466. The van der Waals surface area contributed by atoms with Gasteiger partial charge in [0.1, 0.15) is 0 Å². The minimum Gasteiger partial charge on any atom is -0.306 e. The molecule has 1 rings (SSSR count). The Balaban J connectivity index is 1.86. The average Bonchev–Trinajstić information content (AvgIpc) is 2.93.